The fourth-order valence-electron chi connectivity index (χ4n) is 1.64. The summed E-state index contributed by atoms with van der Waals surface area (Å²) in [5, 5.41) is 21.7. The van der Waals surface area contributed by atoms with Gasteiger partial charge in [-0.15, -0.1) is 0 Å². The highest BCUT2D eigenvalue weighted by atomic mass is 32.2. The molecule has 2 rings (SSSR count). The van der Waals surface area contributed by atoms with Crippen molar-refractivity contribution in [2.75, 3.05) is 0 Å². The maximum atomic E-state index is 12.0. The SMILES string of the molecule is O=C([O-])c1cc(OS(=O)(=O)c2ccccc2)cc(C(=O)[O-])c1. The fraction of sp³-hybridized carbons (Fsp3) is 0. The van der Waals surface area contributed by atoms with E-state index in [0.717, 1.165) is 18.2 Å². The zero-order valence-corrected chi connectivity index (χ0v) is 11.7. The Balaban J connectivity index is 2.45. The van der Waals surface area contributed by atoms with Gasteiger partial charge >= 0.3 is 10.1 Å². The van der Waals surface area contributed by atoms with Crippen LogP contribution in [0, 0.1) is 0 Å². The van der Waals surface area contributed by atoms with Gasteiger partial charge in [0, 0.05) is 11.1 Å². The minimum Gasteiger partial charge on any atom is -0.545 e. The van der Waals surface area contributed by atoms with Gasteiger partial charge in [-0.25, -0.2) is 0 Å². The van der Waals surface area contributed by atoms with Crippen LogP contribution in [0.15, 0.2) is 53.4 Å². The summed E-state index contributed by atoms with van der Waals surface area (Å²) < 4.78 is 28.8. The average Bonchev–Trinajstić information content (AvgIpc) is 2.47. The van der Waals surface area contributed by atoms with E-state index in [1.54, 1.807) is 6.07 Å². The minimum absolute atomic E-state index is 0.163. The number of carbonyl (C=O) groups is 2. The summed E-state index contributed by atoms with van der Waals surface area (Å²) in [5.74, 6) is -3.82. The lowest BCUT2D eigenvalue weighted by atomic mass is 10.1. The fourth-order valence-corrected chi connectivity index (χ4v) is 2.58. The molecule has 2 aromatic rings. The van der Waals surface area contributed by atoms with E-state index in [1.807, 2.05) is 0 Å². The topological polar surface area (TPSA) is 124 Å². The van der Waals surface area contributed by atoms with Gasteiger partial charge in [0.25, 0.3) is 0 Å². The Morgan fingerprint density at radius 1 is 0.864 bits per heavy atom. The molecule has 0 fully saturated rings. The van der Waals surface area contributed by atoms with E-state index in [1.165, 1.54) is 24.3 Å². The molecule has 7 nitrogen and oxygen atoms in total. The number of rotatable bonds is 5. The van der Waals surface area contributed by atoms with Crippen LogP contribution in [-0.2, 0) is 10.1 Å². The van der Waals surface area contributed by atoms with Crippen molar-refractivity contribution in [2.45, 2.75) is 4.90 Å². The number of hydrogen-bond donors (Lipinski definition) is 0. The molecule has 0 N–H and O–H groups in total. The van der Waals surface area contributed by atoms with Gasteiger partial charge in [0.15, 0.2) is 0 Å². The predicted octanol–water partition coefficient (Wildman–Crippen LogP) is -0.819. The molecule has 0 unspecified atom stereocenters. The molecule has 8 heteroatoms. The first-order valence-corrected chi connectivity index (χ1v) is 7.28. The van der Waals surface area contributed by atoms with Gasteiger partial charge in [-0.2, -0.15) is 8.42 Å². The minimum atomic E-state index is -4.22. The van der Waals surface area contributed by atoms with Crippen LogP contribution in [0.4, 0.5) is 0 Å². The Hall–Kier alpha value is -2.87. The Morgan fingerprint density at radius 3 is 1.82 bits per heavy atom. The van der Waals surface area contributed by atoms with Crippen molar-refractivity contribution in [3.63, 3.8) is 0 Å². The molecule has 0 radical (unpaired) electrons. The van der Waals surface area contributed by atoms with Crippen LogP contribution in [0.25, 0.3) is 0 Å². The van der Waals surface area contributed by atoms with E-state index in [4.69, 9.17) is 4.18 Å². The summed E-state index contributed by atoms with van der Waals surface area (Å²) in [6.45, 7) is 0. The van der Waals surface area contributed by atoms with Crippen LogP contribution < -0.4 is 14.4 Å². The zero-order chi connectivity index (χ0) is 16.3. The third-order valence-electron chi connectivity index (χ3n) is 2.62. The van der Waals surface area contributed by atoms with Crippen molar-refractivity contribution in [2.24, 2.45) is 0 Å². The molecule has 2 aromatic carbocycles. The molecule has 0 bridgehead atoms. The first-order chi connectivity index (χ1) is 10.3. The second-order valence-electron chi connectivity index (χ2n) is 4.17. The van der Waals surface area contributed by atoms with Gasteiger partial charge < -0.3 is 24.0 Å². The van der Waals surface area contributed by atoms with Gasteiger partial charge in [0.05, 0.1) is 11.9 Å². The van der Waals surface area contributed by atoms with Crippen LogP contribution in [-0.4, -0.2) is 20.4 Å². The third kappa shape index (κ3) is 3.41. The molecule has 114 valence electrons. The predicted molar refractivity (Wildman–Crippen MR) is 69.4 cm³/mol. The number of carboxylic acid groups (broad SMARTS) is 2. The summed E-state index contributed by atoms with van der Waals surface area (Å²) in [4.78, 5) is 21.5. The van der Waals surface area contributed by atoms with Crippen molar-refractivity contribution in [1.29, 1.82) is 0 Å². The number of hydrogen-bond acceptors (Lipinski definition) is 7. The lowest BCUT2D eigenvalue weighted by Gasteiger charge is -2.12. The lowest BCUT2D eigenvalue weighted by molar-refractivity contribution is -0.255. The monoisotopic (exact) mass is 320 g/mol. The summed E-state index contributed by atoms with van der Waals surface area (Å²) in [7, 11) is -4.22. The number of benzene rings is 2. The van der Waals surface area contributed by atoms with Crippen LogP contribution >= 0.6 is 0 Å². The molecular weight excluding hydrogens is 312 g/mol. The number of carboxylic acids is 2. The van der Waals surface area contributed by atoms with Gasteiger partial charge in [-0.05, 0) is 30.3 Å². The molecule has 0 atom stereocenters. The van der Waals surface area contributed by atoms with Crippen molar-refractivity contribution < 1.29 is 32.4 Å². The molecule has 0 aliphatic carbocycles. The standard InChI is InChI=1S/C14H10O7S/c15-13(16)9-6-10(14(17)18)8-11(7-9)21-22(19,20)12-4-2-1-3-5-12/h1-8H,(H,15,16)(H,17,18)/p-2. The zero-order valence-electron chi connectivity index (χ0n) is 10.9. The van der Waals surface area contributed by atoms with Crippen molar-refractivity contribution in [1.82, 2.24) is 0 Å². The first-order valence-electron chi connectivity index (χ1n) is 5.87. The molecule has 0 aliphatic heterocycles. The van der Waals surface area contributed by atoms with E-state index in [0.29, 0.717) is 0 Å². The summed E-state index contributed by atoms with van der Waals surface area (Å²) in [5.41, 5.74) is -1.08. The van der Waals surface area contributed by atoms with E-state index in [2.05, 4.69) is 0 Å². The van der Waals surface area contributed by atoms with Crippen molar-refractivity contribution in [3.05, 3.63) is 59.7 Å². The molecular formula is C14H8O7S-2. The summed E-state index contributed by atoms with van der Waals surface area (Å²) in [6, 6.07) is 9.58. The smallest absolute Gasteiger partial charge is 0.339 e. The normalized spacial score (nSPS) is 10.9. The van der Waals surface area contributed by atoms with Gasteiger partial charge in [-0.1, -0.05) is 18.2 Å². The highest BCUT2D eigenvalue weighted by Gasteiger charge is 2.17. The molecule has 0 amide bonds. The van der Waals surface area contributed by atoms with Crippen LogP contribution in [0.3, 0.4) is 0 Å². The second kappa shape index (κ2) is 5.86. The van der Waals surface area contributed by atoms with E-state index < -0.39 is 38.9 Å². The summed E-state index contributed by atoms with van der Waals surface area (Å²) >= 11 is 0. The molecule has 0 aromatic heterocycles. The maximum absolute atomic E-state index is 12.0. The number of aromatic carboxylic acids is 2. The van der Waals surface area contributed by atoms with Gasteiger partial charge in [0.1, 0.15) is 10.6 Å². The quantitative estimate of drug-likeness (QED) is 0.659. The highest BCUT2D eigenvalue weighted by molar-refractivity contribution is 7.87. The highest BCUT2D eigenvalue weighted by Crippen LogP contribution is 2.21. The molecule has 0 spiro atoms. The largest absolute Gasteiger partial charge is 0.545 e. The lowest BCUT2D eigenvalue weighted by Crippen LogP contribution is -2.26. The van der Waals surface area contributed by atoms with Crippen LogP contribution in [0.2, 0.25) is 0 Å². The Morgan fingerprint density at radius 2 is 1.36 bits per heavy atom. The van der Waals surface area contributed by atoms with Crippen LogP contribution in [0.1, 0.15) is 20.7 Å². The number of carbonyl (C=O) groups excluding carboxylic acids is 2. The molecule has 22 heavy (non-hydrogen) atoms. The summed E-state index contributed by atoms with van der Waals surface area (Å²) in [6.07, 6.45) is 0. The van der Waals surface area contributed by atoms with Crippen molar-refractivity contribution in [3.8, 4) is 5.75 Å². The van der Waals surface area contributed by atoms with Gasteiger partial charge in [-0.3, -0.25) is 0 Å². The Kier molecular flexibility index (Phi) is 4.13. The third-order valence-corrected chi connectivity index (χ3v) is 3.88. The van der Waals surface area contributed by atoms with Crippen LogP contribution in [0.5, 0.6) is 5.75 Å². The first kappa shape index (κ1) is 15.5. The van der Waals surface area contributed by atoms with Gasteiger partial charge in [0.2, 0.25) is 0 Å². The van der Waals surface area contributed by atoms with E-state index >= 15 is 0 Å². The molecule has 0 saturated heterocycles. The van der Waals surface area contributed by atoms with E-state index in [-0.39, 0.29) is 4.90 Å². The maximum Gasteiger partial charge on any atom is 0.339 e. The van der Waals surface area contributed by atoms with E-state index in [9.17, 15) is 28.2 Å². The average molecular weight is 320 g/mol. The molecule has 0 heterocycles. The molecule has 0 saturated carbocycles. The second-order valence-corrected chi connectivity index (χ2v) is 5.72. The Bertz CT molecular complexity index is 793. The van der Waals surface area contributed by atoms with Crippen molar-refractivity contribution >= 4 is 22.1 Å². The Labute approximate surface area is 125 Å². The molecule has 0 aliphatic rings.